The smallest absolute Gasteiger partial charge is 0.253 e. The van der Waals surface area contributed by atoms with E-state index < -0.39 is 0 Å². The molecule has 0 spiro atoms. The number of carbonyl (C=O) groups is 1. The van der Waals surface area contributed by atoms with Crippen LogP contribution in [0.4, 0.5) is 0 Å². The number of hydrogen-bond acceptors (Lipinski definition) is 4. The summed E-state index contributed by atoms with van der Waals surface area (Å²) >= 11 is 1.64. The van der Waals surface area contributed by atoms with Gasteiger partial charge in [-0.3, -0.25) is 9.78 Å². The van der Waals surface area contributed by atoms with Gasteiger partial charge in [0.2, 0.25) is 0 Å². The number of nitrogens with two attached hydrogens (primary N) is 1. The van der Waals surface area contributed by atoms with Crippen molar-refractivity contribution < 1.29 is 4.79 Å². The summed E-state index contributed by atoms with van der Waals surface area (Å²) in [5, 5.41) is 6.96. The topological polar surface area (TPSA) is 68.0 Å². The van der Waals surface area contributed by atoms with Crippen LogP contribution >= 0.6 is 36.2 Å². The maximum atomic E-state index is 12.0. The van der Waals surface area contributed by atoms with Gasteiger partial charge in [0.1, 0.15) is 0 Å². The van der Waals surface area contributed by atoms with Gasteiger partial charge >= 0.3 is 0 Å². The van der Waals surface area contributed by atoms with Crippen LogP contribution in [0, 0.1) is 6.92 Å². The lowest BCUT2D eigenvalue weighted by molar-refractivity contribution is 0.0952. The van der Waals surface area contributed by atoms with E-state index in [0.717, 1.165) is 29.8 Å². The normalized spacial score (nSPS) is 9.55. The Morgan fingerprint density at radius 3 is 2.64 bits per heavy atom. The number of carbonyl (C=O) groups excluding carboxylic acids is 1. The quantitative estimate of drug-likeness (QED) is 0.774. The monoisotopic (exact) mass is 361 g/mol. The minimum atomic E-state index is -0.0658. The summed E-state index contributed by atoms with van der Waals surface area (Å²) in [6, 6.07) is 5.76. The average molecular weight is 362 g/mol. The molecule has 0 aliphatic rings. The van der Waals surface area contributed by atoms with E-state index in [4.69, 9.17) is 5.73 Å². The van der Waals surface area contributed by atoms with Gasteiger partial charge in [-0.2, -0.15) is 11.3 Å². The summed E-state index contributed by atoms with van der Waals surface area (Å²) in [5.74, 6) is -0.0658. The molecule has 22 heavy (non-hydrogen) atoms. The highest BCUT2D eigenvalue weighted by Crippen LogP contribution is 2.21. The fraction of sp³-hybridized carbons (Fsp3) is 0.333. The summed E-state index contributed by atoms with van der Waals surface area (Å²) in [7, 11) is 0. The van der Waals surface area contributed by atoms with Crippen molar-refractivity contribution in [3.63, 3.8) is 0 Å². The fourth-order valence-corrected chi connectivity index (χ4v) is 2.59. The van der Waals surface area contributed by atoms with Crippen molar-refractivity contribution in [2.24, 2.45) is 5.73 Å². The molecule has 4 nitrogen and oxygen atoms in total. The van der Waals surface area contributed by atoms with Gasteiger partial charge in [-0.25, -0.2) is 0 Å². The van der Waals surface area contributed by atoms with Gasteiger partial charge in [-0.05, 0) is 49.9 Å². The molecule has 0 atom stereocenters. The minimum absolute atomic E-state index is 0. The SMILES string of the molecule is Cc1nc(-c2ccsc2)ccc1C(=O)NCCCCN.Cl.Cl. The molecule has 0 unspecified atom stereocenters. The molecule has 122 valence electrons. The zero-order valence-electron chi connectivity index (χ0n) is 12.4. The number of thiophene rings is 1. The maximum absolute atomic E-state index is 12.0. The van der Waals surface area contributed by atoms with Crippen LogP contribution in [-0.2, 0) is 0 Å². The second-order valence-corrected chi connectivity index (χ2v) is 5.37. The van der Waals surface area contributed by atoms with Crippen molar-refractivity contribution in [1.29, 1.82) is 0 Å². The van der Waals surface area contributed by atoms with Crippen LogP contribution in [0.15, 0.2) is 29.0 Å². The summed E-state index contributed by atoms with van der Waals surface area (Å²) in [5.41, 5.74) is 8.81. The lowest BCUT2D eigenvalue weighted by Crippen LogP contribution is -2.25. The molecule has 2 aromatic heterocycles. The van der Waals surface area contributed by atoms with E-state index in [1.54, 1.807) is 11.3 Å². The summed E-state index contributed by atoms with van der Waals surface area (Å²) in [4.78, 5) is 16.6. The van der Waals surface area contributed by atoms with E-state index in [1.807, 2.05) is 35.9 Å². The van der Waals surface area contributed by atoms with Crippen LogP contribution in [0.5, 0.6) is 0 Å². The van der Waals surface area contributed by atoms with Crippen molar-refractivity contribution in [1.82, 2.24) is 10.3 Å². The molecule has 3 N–H and O–H groups in total. The van der Waals surface area contributed by atoms with Gasteiger partial charge in [0.25, 0.3) is 5.91 Å². The Hall–Kier alpha value is -1.14. The first-order valence-corrected chi connectivity index (χ1v) is 7.65. The zero-order valence-corrected chi connectivity index (χ0v) is 14.8. The highest BCUT2D eigenvalue weighted by molar-refractivity contribution is 7.08. The van der Waals surface area contributed by atoms with Crippen molar-refractivity contribution in [3.8, 4) is 11.3 Å². The first-order chi connectivity index (χ1) is 9.72. The molecule has 0 aliphatic heterocycles. The standard InChI is InChI=1S/C15H19N3OS.2ClH/c1-11-13(15(19)17-8-3-2-7-16)4-5-14(18-11)12-6-9-20-10-12;;/h4-6,9-10H,2-3,7-8,16H2,1H3,(H,17,19);2*1H. The van der Waals surface area contributed by atoms with E-state index >= 15 is 0 Å². The van der Waals surface area contributed by atoms with E-state index in [-0.39, 0.29) is 30.7 Å². The maximum Gasteiger partial charge on any atom is 0.253 e. The summed E-state index contributed by atoms with van der Waals surface area (Å²) in [6.07, 6.45) is 1.83. The Bertz CT molecular complexity index is 576. The van der Waals surface area contributed by atoms with Gasteiger partial charge in [0.05, 0.1) is 17.0 Å². The molecule has 7 heteroatoms. The molecule has 2 rings (SSSR count). The molecule has 0 fully saturated rings. The highest BCUT2D eigenvalue weighted by atomic mass is 35.5. The lowest BCUT2D eigenvalue weighted by atomic mass is 10.1. The van der Waals surface area contributed by atoms with Gasteiger partial charge < -0.3 is 11.1 Å². The molecule has 0 bridgehead atoms. The summed E-state index contributed by atoms with van der Waals surface area (Å²) in [6.45, 7) is 3.18. The van der Waals surface area contributed by atoms with Gasteiger partial charge in [-0.1, -0.05) is 0 Å². The Morgan fingerprint density at radius 2 is 2.05 bits per heavy atom. The molecule has 0 saturated heterocycles. The van der Waals surface area contributed by atoms with Crippen molar-refractivity contribution in [2.75, 3.05) is 13.1 Å². The first kappa shape index (κ1) is 20.9. The van der Waals surface area contributed by atoms with Crippen molar-refractivity contribution in [2.45, 2.75) is 19.8 Å². The number of nitrogens with one attached hydrogen (secondary N) is 1. The van der Waals surface area contributed by atoms with Crippen LogP contribution in [0.2, 0.25) is 0 Å². The second-order valence-electron chi connectivity index (χ2n) is 4.59. The molecule has 0 aromatic carbocycles. The van der Waals surface area contributed by atoms with Crippen molar-refractivity contribution in [3.05, 3.63) is 40.2 Å². The van der Waals surface area contributed by atoms with Crippen LogP contribution in [0.1, 0.15) is 28.9 Å². The molecule has 0 radical (unpaired) electrons. The lowest BCUT2D eigenvalue weighted by Gasteiger charge is -2.08. The zero-order chi connectivity index (χ0) is 14.4. The molecule has 2 heterocycles. The van der Waals surface area contributed by atoms with Crippen LogP contribution < -0.4 is 11.1 Å². The number of rotatable bonds is 6. The molecule has 2 aromatic rings. The minimum Gasteiger partial charge on any atom is -0.352 e. The van der Waals surface area contributed by atoms with Crippen LogP contribution in [0.3, 0.4) is 0 Å². The number of amides is 1. The molecular weight excluding hydrogens is 341 g/mol. The third-order valence-electron chi connectivity index (χ3n) is 3.06. The Kier molecular flexibility index (Phi) is 10.0. The first-order valence-electron chi connectivity index (χ1n) is 6.71. The van der Waals surface area contributed by atoms with E-state index in [9.17, 15) is 4.79 Å². The van der Waals surface area contributed by atoms with E-state index in [1.165, 1.54) is 0 Å². The molecule has 0 saturated carbocycles. The predicted molar refractivity (Wildman–Crippen MR) is 97.4 cm³/mol. The Balaban J connectivity index is 0.00000220. The summed E-state index contributed by atoms with van der Waals surface area (Å²) < 4.78 is 0. The highest BCUT2D eigenvalue weighted by Gasteiger charge is 2.10. The largest absolute Gasteiger partial charge is 0.352 e. The molecular formula is C15H21Cl2N3OS. The molecule has 0 aliphatic carbocycles. The third-order valence-corrected chi connectivity index (χ3v) is 3.75. The van der Waals surface area contributed by atoms with Gasteiger partial charge in [-0.15, -0.1) is 24.8 Å². The van der Waals surface area contributed by atoms with Gasteiger partial charge in [0.15, 0.2) is 0 Å². The number of pyridine rings is 1. The second kappa shape index (κ2) is 10.6. The average Bonchev–Trinajstić information content (AvgIpc) is 2.97. The number of aryl methyl sites for hydroxylation is 1. The number of halogens is 2. The molecule has 1 amide bonds. The third kappa shape index (κ3) is 5.57. The van der Waals surface area contributed by atoms with Gasteiger partial charge in [0, 0.05) is 17.5 Å². The van der Waals surface area contributed by atoms with E-state index in [0.29, 0.717) is 18.7 Å². The fourth-order valence-electron chi connectivity index (χ4n) is 1.94. The number of nitrogens with zero attached hydrogens (tertiary/aromatic N) is 1. The Labute approximate surface area is 147 Å². The predicted octanol–water partition coefficient (Wildman–Crippen LogP) is 3.43. The number of aromatic nitrogens is 1. The van der Waals surface area contributed by atoms with Crippen LogP contribution in [-0.4, -0.2) is 24.0 Å². The number of unbranched alkanes of at least 4 members (excludes halogenated alkanes) is 1. The van der Waals surface area contributed by atoms with Crippen LogP contribution in [0.25, 0.3) is 11.3 Å². The Morgan fingerprint density at radius 1 is 1.27 bits per heavy atom. The van der Waals surface area contributed by atoms with Crippen molar-refractivity contribution >= 4 is 42.1 Å². The van der Waals surface area contributed by atoms with E-state index in [2.05, 4.69) is 10.3 Å². The number of hydrogen-bond donors (Lipinski definition) is 2.